The summed E-state index contributed by atoms with van der Waals surface area (Å²) in [5, 5.41) is 2.58. The summed E-state index contributed by atoms with van der Waals surface area (Å²) in [6.45, 7) is -2.61. The van der Waals surface area contributed by atoms with Gasteiger partial charge in [-0.3, -0.25) is 14.8 Å². The maximum absolute atomic E-state index is 11.5. The molecule has 0 aromatic heterocycles. The van der Waals surface area contributed by atoms with Gasteiger partial charge in [0.15, 0.2) is 0 Å². The smallest absolute Gasteiger partial charge is 0.237 e. The summed E-state index contributed by atoms with van der Waals surface area (Å²) in [5.41, 5.74) is 0.752. The van der Waals surface area contributed by atoms with Gasteiger partial charge in [-0.2, -0.15) is 0 Å². The van der Waals surface area contributed by atoms with Gasteiger partial charge in [0.2, 0.25) is 5.91 Å². The molecule has 13 heavy (non-hydrogen) atoms. The molecule has 0 radical (unpaired) electrons. The van der Waals surface area contributed by atoms with Crippen LogP contribution in [0, 0.1) is 0 Å². The lowest BCUT2D eigenvalue weighted by Crippen LogP contribution is -2.39. The Labute approximate surface area is 82.8 Å². The first-order chi connectivity index (χ1) is 7.34. The Balaban J connectivity index is 2.83. The monoisotopic (exact) mass is 181 g/mol. The van der Waals surface area contributed by atoms with Gasteiger partial charge in [0.05, 0.1) is 5.69 Å². The second-order valence-electron chi connectivity index (χ2n) is 2.69. The van der Waals surface area contributed by atoms with Gasteiger partial charge in [0.1, 0.15) is 0 Å². The summed E-state index contributed by atoms with van der Waals surface area (Å²) in [4.78, 5) is 11.5. The number of hydrogen-bond donors (Lipinski definition) is 0. The standard InChI is InChI=1S/C10H14N2O/c1-9(13)11(2)12(3)10-7-5-4-6-8-10/h4-8H,1-3H3/i1D3. The Morgan fingerprint density at radius 1 is 1.31 bits per heavy atom. The van der Waals surface area contributed by atoms with E-state index in [-0.39, 0.29) is 0 Å². The van der Waals surface area contributed by atoms with Gasteiger partial charge in [0, 0.05) is 25.1 Å². The van der Waals surface area contributed by atoms with Crippen LogP contribution in [-0.2, 0) is 4.79 Å². The minimum atomic E-state index is -2.61. The van der Waals surface area contributed by atoms with Crippen molar-refractivity contribution in [2.75, 3.05) is 19.1 Å². The summed E-state index contributed by atoms with van der Waals surface area (Å²) in [6.07, 6.45) is 0. The van der Waals surface area contributed by atoms with Crippen LogP contribution in [0.15, 0.2) is 30.3 Å². The second kappa shape index (κ2) is 3.94. The molecule has 70 valence electrons. The molecule has 3 nitrogen and oxygen atoms in total. The minimum Gasteiger partial charge on any atom is -0.286 e. The third-order valence-electron chi connectivity index (χ3n) is 1.87. The Hall–Kier alpha value is -1.51. The van der Waals surface area contributed by atoms with Gasteiger partial charge in [0.25, 0.3) is 0 Å². The summed E-state index contributed by atoms with van der Waals surface area (Å²) >= 11 is 0. The number of hydrogen-bond acceptors (Lipinski definition) is 2. The molecule has 0 aliphatic rings. The van der Waals surface area contributed by atoms with Crippen molar-refractivity contribution in [2.24, 2.45) is 0 Å². The fourth-order valence-corrected chi connectivity index (χ4v) is 0.953. The van der Waals surface area contributed by atoms with Gasteiger partial charge >= 0.3 is 0 Å². The van der Waals surface area contributed by atoms with Crippen LogP contribution < -0.4 is 5.01 Å². The lowest BCUT2D eigenvalue weighted by molar-refractivity contribution is -0.127. The highest BCUT2D eigenvalue weighted by Crippen LogP contribution is 2.12. The summed E-state index contributed by atoms with van der Waals surface area (Å²) in [6, 6.07) is 9.08. The molecule has 1 aromatic rings. The molecular weight excluding hydrogens is 164 g/mol. The zero-order valence-corrected chi connectivity index (χ0v) is 7.69. The molecule has 0 aliphatic heterocycles. The van der Waals surface area contributed by atoms with Crippen molar-refractivity contribution in [3.63, 3.8) is 0 Å². The average molecular weight is 181 g/mol. The minimum absolute atomic E-state index is 0.752. The van der Waals surface area contributed by atoms with E-state index >= 15 is 0 Å². The van der Waals surface area contributed by atoms with Crippen LogP contribution >= 0.6 is 0 Å². The van der Waals surface area contributed by atoms with E-state index in [4.69, 9.17) is 4.11 Å². The zero-order chi connectivity index (χ0) is 12.3. The number of rotatable bonds is 2. The second-order valence-corrected chi connectivity index (χ2v) is 2.69. The molecule has 3 heteroatoms. The van der Waals surface area contributed by atoms with Gasteiger partial charge in [-0.05, 0) is 12.1 Å². The number of carbonyl (C=O) groups is 1. The predicted octanol–water partition coefficient (Wildman–Crippen LogP) is 1.52. The van der Waals surface area contributed by atoms with Crippen LogP contribution in [0.1, 0.15) is 11.0 Å². The van der Waals surface area contributed by atoms with E-state index in [1.807, 2.05) is 18.2 Å². The quantitative estimate of drug-likeness (QED) is 0.646. The molecule has 0 N–H and O–H groups in total. The SMILES string of the molecule is [2H]C([2H])([2H])C(=O)N(C)N(C)c1ccccc1. The first kappa shape index (κ1) is 6.02. The highest BCUT2D eigenvalue weighted by molar-refractivity contribution is 5.74. The molecule has 0 saturated heterocycles. The molecule has 0 unspecified atom stereocenters. The highest BCUT2D eigenvalue weighted by Gasteiger charge is 2.08. The van der Waals surface area contributed by atoms with Crippen LogP contribution in [-0.4, -0.2) is 25.0 Å². The van der Waals surface area contributed by atoms with Crippen molar-refractivity contribution in [3.8, 4) is 0 Å². The predicted molar refractivity (Wildman–Crippen MR) is 53.3 cm³/mol. The lowest BCUT2D eigenvalue weighted by Gasteiger charge is -2.28. The van der Waals surface area contributed by atoms with E-state index < -0.39 is 12.8 Å². The van der Waals surface area contributed by atoms with Crippen molar-refractivity contribution in [1.29, 1.82) is 0 Å². The molecule has 0 spiro atoms. The zero-order valence-electron chi connectivity index (χ0n) is 10.7. The van der Waals surface area contributed by atoms with Crippen molar-refractivity contribution < 1.29 is 8.91 Å². The molecule has 0 heterocycles. The topological polar surface area (TPSA) is 23.6 Å². The summed E-state index contributed by atoms with van der Waals surface area (Å²) < 4.78 is 21.1. The molecule has 0 atom stereocenters. The van der Waals surface area contributed by atoms with E-state index in [2.05, 4.69) is 0 Å². The Morgan fingerprint density at radius 3 is 2.46 bits per heavy atom. The highest BCUT2D eigenvalue weighted by atomic mass is 16.2. The molecule has 0 aliphatic carbocycles. The van der Waals surface area contributed by atoms with E-state index in [9.17, 15) is 4.79 Å². The molecule has 0 saturated carbocycles. The van der Waals surface area contributed by atoms with Crippen molar-refractivity contribution in [2.45, 2.75) is 6.85 Å². The van der Waals surface area contributed by atoms with Crippen LogP contribution in [0.4, 0.5) is 5.69 Å². The van der Waals surface area contributed by atoms with E-state index in [1.165, 1.54) is 12.1 Å². The lowest BCUT2D eigenvalue weighted by atomic mass is 10.3. The van der Waals surface area contributed by atoms with Crippen molar-refractivity contribution in [1.82, 2.24) is 5.01 Å². The van der Waals surface area contributed by atoms with Crippen molar-refractivity contribution in [3.05, 3.63) is 30.3 Å². The van der Waals surface area contributed by atoms with E-state index in [1.54, 1.807) is 19.2 Å². The normalized spacial score (nSPS) is 13.8. The number of para-hydroxylation sites is 1. The third kappa shape index (κ3) is 2.21. The maximum atomic E-state index is 11.5. The summed E-state index contributed by atoms with van der Waals surface area (Å²) in [7, 11) is 3.07. The summed E-state index contributed by atoms with van der Waals surface area (Å²) in [5.74, 6) is -0.904. The van der Waals surface area contributed by atoms with E-state index in [0.717, 1.165) is 10.7 Å². The Morgan fingerprint density at radius 2 is 1.92 bits per heavy atom. The number of carbonyl (C=O) groups excluding carboxylic acids is 1. The molecule has 1 aromatic carbocycles. The Kier molecular flexibility index (Phi) is 1.82. The van der Waals surface area contributed by atoms with E-state index in [0.29, 0.717) is 0 Å². The van der Waals surface area contributed by atoms with Gasteiger partial charge in [-0.1, -0.05) is 18.2 Å². The van der Waals surface area contributed by atoms with Crippen LogP contribution in [0.3, 0.4) is 0 Å². The molecule has 1 amide bonds. The van der Waals surface area contributed by atoms with Gasteiger partial charge in [-0.15, -0.1) is 0 Å². The van der Waals surface area contributed by atoms with Crippen LogP contribution in [0.25, 0.3) is 0 Å². The molecular formula is C10H14N2O. The Bertz CT molecular complexity index is 364. The van der Waals surface area contributed by atoms with Gasteiger partial charge in [-0.25, -0.2) is 0 Å². The van der Waals surface area contributed by atoms with Gasteiger partial charge < -0.3 is 0 Å². The molecule has 1 rings (SSSR count). The number of nitrogens with zero attached hydrogens (tertiary/aromatic N) is 2. The van der Waals surface area contributed by atoms with Crippen LogP contribution in [0.5, 0.6) is 0 Å². The number of benzene rings is 1. The molecule has 0 bridgehead atoms. The van der Waals surface area contributed by atoms with Crippen LogP contribution in [0.2, 0.25) is 0 Å². The third-order valence-corrected chi connectivity index (χ3v) is 1.87. The van der Waals surface area contributed by atoms with Crippen molar-refractivity contribution >= 4 is 11.6 Å². The number of hydrazine groups is 1. The maximum Gasteiger partial charge on any atom is 0.237 e. The average Bonchev–Trinajstić information content (AvgIpc) is 2.26. The number of amides is 1. The number of anilines is 1. The first-order valence-corrected chi connectivity index (χ1v) is 3.91. The first-order valence-electron chi connectivity index (χ1n) is 5.41. The molecule has 0 fully saturated rings. The fraction of sp³-hybridized carbons (Fsp3) is 0.300. The largest absolute Gasteiger partial charge is 0.286 e. The fourth-order valence-electron chi connectivity index (χ4n) is 0.953.